The van der Waals surface area contributed by atoms with Crippen LogP contribution >= 0.6 is 11.8 Å². The number of benzene rings is 1. The third-order valence-corrected chi connectivity index (χ3v) is 3.39. The molecule has 1 amide bonds. The van der Waals surface area contributed by atoms with Crippen molar-refractivity contribution in [2.75, 3.05) is 19.0 Å². The van der Waals surface area contributed by atoms with E-state index in [-0.39, 0.29) is 11.4 Å². The monoisotopic (exact) mass is 281 g/mol. The van der Waals surface area contributed by atoms with Crippen LogP contribution in [0.3, 0.4) is 0 Å². The van der Waals surface area contributed by atoms with Crippen LogP contribution in [0.4, 0.5) is 0 Å². The van der Waals surface area contributed by atoms with Crippen LogP contribution in [0.25, 0.3) is 0 Å². The first kappa shape index (κ1) is 14.1. The van der Waals surface area contributed by atoms with E-state index in [0.29, 0.717) is 19.0 Å². The number of thioether (sulfide) groups is 1. The average Bonchev–Trinajstić information content (AvgIpc) is 2.34. The summed E-state index contributed by atoms with van der Waals surface area (Å²) in [4.78, 5) is 12.7. The van der Waals surface area contributed by atoms with Gasteiger partial charge in [-0.3, -0.25) is 4.79 Å². The molecule has 0 aliphatic carbocycles. The quantitative estimate of drug-likeness (QED) is 0.865. The second-order valence-corrected chi connectivity index (χ2v) is 6.44. The van der Waals surface area contributed by atoms with Gasteiger partial charge in [-0.15, -0.1) is 11.8 Å². The molecule has 0 unspecified atom stereocenters. The zero-order chi connectivity index (χ0) is 13.9. The maximum absolute atomic E-state index is 11.7. The first-order chi connectivity index (χ1) is 8.94. The Morgan fingerprint density at radius 2 is 1.95 bits per heavy atom. The van der Waals surface area contributed by atoms with Crippen molar-refractivity contribution in [3.8, 4) is 11.5 Å². The van der Waals surface area contributed by atoms with Gasteiger partial charge in [-0.2, -0.15) is 0 Å². The van der Waals surface area contributed by atoms with Crippen LogP contribution in [0.1, 0.15) is 20.8 Å². The fourth-order valence-corrected chi connectivity index (χ4v) is 2.44. The summed E-state index contributed by atoms with van der Waals surface area (Å²) in [6.45, 7) is 7.08. The maximum atomic E-state index is 11.7. The summed E-state index contributed by atoms with van der Waals surface area (Å²) in [6.07, 6.45) is 0. The molecule has 104 valence electrons. The molecule has 0 aromatic heterocycles. The topological polar surface area (TPSA) is 47.6 Å². The van der Waals surface area contributed by atoms with E-state index in [1.54, 1.807) is 0 Å². The van der Waals surface area contributed by atoms with Gasteiger partial charge in [0.1, 0.15) is 13.2 Å². The molecule has 0 saturated carbocycles. The van der Waals surface area contributed by atoms with E-state index in [1.165, 1.54) is 11.8 Å². The van der Waals surface area contributed by atoms with Crippen molar-refractivity contribution in [3.05, 3.63) is 18.2 Å². The van der Waals surface area contributed by atoms with Crippen LogP contribution in [-0.4, -0.2) is 30.4 Å². The Labute approximate surface area is 117 Å². The van der Waals surface area contributed by atoms with E-state index in [4.69, 9.17) is 9.47 Å². The van der Waals surface area contributed by atoms with Crippen molar-refractivity contribution < 1.29 is 14.3 Å². The van der Waals surface area contributed by atoms with E-state index < -0.39 is 0 Å². The first-order valence-corrected chi connectivity index (χ1v) is 7.26. The molecule has 2 rings (SSSR count). The number of carbonyl (C=O) groups excluding carboxylic acids is 1. The minimum Gasteiger partial charge on any atom is -0.486 e. The van der Waals surface area contributed by atoms with Gasteiger partial charge >= 0.3 is 0 Å². The highest BCUT2D eigenvalue weighted by atomic mass is 32.2. The Morgan fingerprint density at radius 1 is 1.26 bits per heavy atom. The summed E-state index contributed by atoms with van der Waals surface area (Å²) in [5.74, 6) is 1.96. The van der Waals surface area contributed by atoms with E-state index in [9.17, 15) is 4.79 Å². The molecule has 0 saturated heterocycles. The fourth-order valence-electron chi connectivity index (χ4n) is 1.72. The molecule has 5 heteroatoms. The number of amides is 1. The normalized spacial score (nSPS) is 14.1. The van der Waals surface area contributed by atoms with Gasteiger partial charge in [-0.05, 0) is 39.0 Å². The SMILES string of the molecule is CC(C)(C)NC(=O)CSc1ccc2c(c1)OCCO2. The first-order valence-electron chi connectivity index (χ1n) is 6.27. The Bertz CT molecular complexity index is 468. The highest BCUT2D eigenvalue weighted by molar-refractivity contribution is 8.00. The van der Waals surface area contributed by atoms with Crippen molar-refractivity contribution in [3.63, 3.8) is 0 Å². The second kappa shape index (κ2) is 5.74. The number of fused-ring (bicyclic) bond motifs is 1. The minimum atomic E-state index is -0.190. The minimum absolute atomic E-state index is 0.0346. The summed E-state index contributed by atoms with van der Waals surface area (Å²) in [6, 6.07) is 5.75. The van der Waals surface area contributed by atoms with E-state index in [1.807, 2.05) is 39.0 Å². The van der Waals surface area contributed by atoms with Gasteiger partial charge in [0.05, 0.1) is 5.75 Å². The molecule has 0 bridgehead atoms. The maximum Gasteiger partial charge on any atom is 0.230 e. The predicted octanol–water partition coefficient (Wildman–Crippen LogP) is 2.46. The number of carbonyl (C=O) groups is 1. The van der Waals surface area contributed by atoms with Gasteiger partial charge in [0.15, 0.2) is 11.5 Å². The highest BCUT2D eigenvalue weighted by Crippen LogP contribution is 2.34. The molecule has 1 aromatic rings. The summed E-state index contributed by atoms with van der Waals surface area (Å²) in [5.41, 5.74) is -0.190. The van der Waals surface area contributed by atoms with Crippen molar-refractivity contribution in [2.45, 2.75) is 31.2 Å². The molecule has 1 aliphatic rings. The Morgan fingerprint density at radius 3 is 2.63 bits per heavy atom. The predicted molar refractivity (Wildman–Crippen MR) is 76.1 cm³/mol. The van der Waals surface area contributed by atoms with Crippen LogP contribution in [0, 0.1) is 0 Å². The lowest BCUT2D eigenvalue weighted by molar-refractivity contribution is -0.119. The standard InChI is InChI=1S/C14H19NO3S/c1-14(2,3)15-13(16)9-19-10-4-5-11-12(8-10)18-7-6-17-11/h4-5,8H,6-7,9H2,1-3H3,(H,15,16). The van der Waals surface area contributed by atoms with Gasteiger partial charge in [-0.25, -0.2) is 0 Å². The highest BCUT2D eigenvalue weighted by Gasteiger charge is 2.15. The molecule has 0 fully saturated rings. The molecule has 1 N–H and O–H groups in total. The van der Waals surface area contributed by atoms with E-state index in [0.717, 1.165) is 16.4 Å². The Balaban J connectivity index is 1.91. The number of nitrogens with one attached hydrogen (secondary N) is 1. The summed E-state index contributed by atoms with van der Waals surface area (Å²) in [7, 11) is 0. The van der Waals surface area contributed by atoms with Crippen molar-refractivity contribution in [2.24, 2.45) is 0 Å². The summed E-state index contributed by atoms with van der Waals surface area (Å²) < 4.78 is 11.0. The summed E-state index contributed by atoms with van der Waals surface area (Å²) >= 11 is 1.49. The zero-order valence-electron chi connectivity index (χ0n) is 11.5. The van der Waals surface area contributed by atoms with Crippen molar-refractivity contribution in [1.82, 2.24) is 5.32 Å². The van der Waals surface area contributed by atoms with Crippen molar-refractivity contribution in [1.29, 1.82) is 0 Å². The van der Waals surface area contributed by atoms with Crippen LogP contribution < -0.4 is 14.8 Å². The average molecular weight is 281 g/mol. The van der Waals surface area contributed by atoms with Gasteiger partial charge in [0.25, 0.3) is 0 Å². The molecule has 1 aromatic carbocycles. The third kappa shape index (κ3) is 4.35. The Hall–Kier alpha value is -1.36. The molecule has 4 nitrogen and oxygen atoms in total. The van der Waals surface area contributed by atoms with E-state index in [2.05, 4.69) is 5.32 Å². The van der Waals surface area contributed by atoms with Gasteiger partial charge in [0.2, 0.25) is 5.91 Å². The lowest BCUT2D eigenvalue weighted by atomic mass is 10.1. The molecular formula is C14H19NO3S. The largest absolute Gasteiger partial charge is 0.486 e. The molecular weight excluding hydrogens is 262 g/mol. The number of rotatable bonds is 3. The Kier molecular flexibility index (Phi) is 4.24. The van der Waals surface area contributed by atoms with Crippen LogP contribution in [0.2, 0.25) is 0 Å². The molecule has 0 radical (unpaired) electrons. The van der Waals surface area contributed by atoms with Crippen molar-refractivity contribution >= 4 is 17.7 Å². The third-order valence-electron chi connectivity index (χ3n) is 2.40. The van der Waals surface area contributed by atoms with E-state index >= 15 is 0 Å². The number of ether oxygens (including phenoxy) is 2. The van der Waals surface area contributed by atoms with Gasteiger partial charge in [0, 0.05) is 10.4 Å². The summed E-state index contributed by atoms with van der Waals surface area (Å²) in [5, 5.41) is 2.94. The lowest BCUT2D eigenvalue weighted by Crippen LogP contribution is -2.41. The molecule has 0 atom stereocenters. The van der Waals surface area contributed by atoms with Gasteiger partial charge < -0.3 is 14.8 Å². The zero-order valence-corrected chi connectivity index (χ0v) is 12.3. The smallest absolute Gasteiger partial charge is 0.230 e. The lowest BCUT2D eigenvalue weighted by Gasteiger charge is -2.20. The number of hydrogen-bond donors (Lipinski definition) is 1. The second-order valence-electron chi connectivity index (χ2n) is 5.39. The molecule has 19 heavy (non-hydrogen) atoms. The molecule has 1 aliphatic heterocycles. The number of hydrogen-bond acceptors (Lipinski definition) is 4. The molecule has 1 heterocycles. The fraction of sp³-hybridized carbons (Fsp3) is 0.500. The van der Waals surface area contributed by atoms with Gasteiger partial charge in [-0.1, -0.05) is 0 Å². The van der Waals surface area contributed by atoms with Crippen LogP contribution in [0.15, 0.2) is 23.1 Å². The molecule has 0 spiro atoms. The van der Waals surface area contributed by atoms with Crippen LogP contribution in [0.5, 0.6) is 11.5 Å². The van der Waals surface area contributed by atoms with Crippen LogP contribution in [-0.2, 0) is 4.79 Å².